The lowest BCUT2D eigenvalue weighted by Gasteiger charge is -2.18. The van der Waals surface area contributed by atoms with Gasteiger partial charge in [0.1, 0.15) is 5.75 Å². The summed E-state index contributed by atoms with van der Waals surface area (Å²) in [5, 5.41) is 8.27. The Morgan fingerprint density at radius 1 is 1.35 bits per heavy atom. The molecule has 0 fully saturated rings. The van der Waals surface area contributed by atoms with Crippen LogP contribution in [0.3, 0.4) is 0 Å². The third-order valence-corrected chi connectivity index (χ3v) is 4.91. The number of hydrogen-bond acceptors (Lipinski definition) is 4. The molecule has 0 aliphatic carbocycles. The van der Waals surface area contributed by atoms with Crippen LogP contribution in [-0.4, -0.2) is 12.5 Å². The fourth-order valence-corrected chi connectivity index (χ4v) is 3.47. The summed E-state index contributed by atoms with van der Waals surface area (Å²) in [6.07, 6.45) is 0. The molecule has 104 valence electrons. The second-order valence-electron chi connectivity index (χ2n) is 4.46. The predicted octanol–water partition coefficient (Wildman–Crippen LogP) is 3.13. The van der Waals surface area contributed by atoms with Gasteiger partial charge in [-0.3, -0.25) is 4.79 Å². The van der Waals surface area contributed by atoms with E-state index in [2.05, 4.69) is 31.9 Å². The Hall–Kier alpha value is -1.37. The highest BCUT2D eigenvalue weighted by molar-refractivity contribution is 9.10. The first-order chi connectivity index (χ1) is 9.72. The second-order valence-corrected chi connectivity index (χ2v) is 6.32. The average Bonchev–Trinajstić information content (AvgIpc) is 2.84. The molecule has 2 heterocycles. The zero-order chi connectivity index (χ0) is 13.9. The van der Waals surface area contributed by atoms with Crippen molar-refractivity contribution in [3.8, 4) is 5.75 Å². The molecule has 1 aliphatic rings. The minimum absolute atomic E-state index is 0.0942. The average molecular weight is 353 g/mol. The number of amides is 1. The molecule has 0 spiro atoms. The van der Waals surface area contributed by atoms with E-state index in [0.29, 0.717) is 0 Å². The summed E-state index contributed by atoms with van der Waals surface area (Å²) >= 11 is 5.24. The van der Waals surface area contributed by atoms with Crippen molar-refractivity contribution in [3.05, 3.63) is 44.6 Å². The first kappa shape index (κ1) is 13.6. The molecule has 20 heavy (non-hydrogen) atoms. The Balaban J connectivity index is 1.62. The van der Waals surface area contributed by atoms with Crippen molar-refractivity contribution in [2.45, 2.75) is 13.1 Å². The smallest absolute Gasteiger partial charge is 0.262 e. The van der Waals surface area contributed by atoms with Crippen molar-refractivity contribution >= 4 is 38.9 Å². The fraction of sp³-hybridized carbons (Fsp3) is 0.214. The highest BCUT2D eigenvalue weighted by Crippen LogP contribution is 2.28. The van der Waals surface area contributed by atoms with E-state index >= 15 is 0 Å². The van der Waals surface area contributed by atoms with Crippen molar-refractivity contribution in [2.75, 3.05) is 11.9 Å². The Morgan fingerprint density at radius 3 is 3.05 bits per heavy atom. The van der Waals surface area contributed by atoms with E-state index in [1.54, 1.807) is 11.3 Å². The summed E-state index contributed by atoms with van der Waals surface area (Å²) in [5.74, 6) is 0.625. The molecule has 1 aromatic carbocycles. The molecule has 0 bridgehead atoms. The maximum Gasteiger partial charge on any atom is 0.262 e. The number of hydrogen-bond donors (Lipinski definition) is 2. The van der Waals surface area contributed by atoms with Gasteiger partial charge in [-0.2, -0.15) is 0 Å². The van der Waals surface area contributed by atoms with Crippen LogP contribution in [-0.2, 0) is 17.9 Å². The van der Waals surface area contributed by atoms with Crippen LogP contribution in [0.25, 0.3) is 0 Å². The lowest BCUT2D eigenvalue weighted by atomic mass is 10.1. The van der Waals surface area contributed by atoms with Gasteiger partial charge in [0.15, 0.2) is 6.61 Å². The molecular weight excluding hydrogens is 340 g/mol. The standard InChI is InChI=1S/C14H13BrN2O2S/c15-10-3-4-20-13(10)7-16-6-9-1-2-12-11(5-9)17-14(18)8-19-12/h1-5,16H,6-8H2,(H,17,18). The Labute approximate surface area is 129 Å². The van der Waals surface area contributed by atoms with Crippen LogP contribution in [0.1, 0.15) is 10.4 Å². The quantitative estimate of drug-likeness (QED) is 0.888. The number of fused-ring (bicyclic) bond motifs is 1. The lowest BCUT2D eigenvalue weighted by Crippen LogP contribution is -2.25. The Morgan fingerprint density at radius 2 is 2.25 bits per heavy atom. The van der Waals surface area contributed by atoms with E-state index in [1.807, 2.05) is 24.3 Å². The molecule has 0 radical (unpaired) electrons. The van der Waals surface area contributed by atoms with Crippen LogP contribution in [0.5, 0.6) is 5.75 Å². The molecular formula is C14H13BrN2O2S. The van der Waals surface area contributed by atoms with Gasteiger partial charge in [-0.1, -0.05) is 6.07 Å². The van der Waals surface area contributed by atoms with Crippen molar-refractivity contribution < 1.29 is 9.53 Å². The van der Waals surface area contributed by atoms with Crippen LogP contribution in [0.4, 0.5) is 5.69 Å². The Bertz CT molecular complexity index is 642. The molecule has 0 saturated carbocycles. The van der Waals surface area contributed by atoms with E-state index in [1.165, 1.54) is 4.88 Å². The molecule has 1 aliphatic heterocycles. The second kappa shape index (κ2) is 5.95. The van der Waals surface area contributed by atoms with Gasteiger partial charge in [-0.15, -0.1) is 11.3 Å². The molecule has 4 nitrogen and oxygen atoms in total. The van der Waals surface area contributed by atoms with Gasteiger partial charge in [0.25, 0.3) is 5.91 Å². The number of thiophene rings is 1. The van der Waals surface area contributed by atoms with E-state index in [0.717, 1.165) is 34.6 Å². The van der Waals surface area contributed by atoms with Gasteiger partial charge < -0.3 is 15.4 Å². The van der Waals surface area contributed by atoms with Gasteiger partial charge in [0, 0.05) is 22.4 Å². The number of anilines is 1. The highest BCUT2D eigenvalue weighted by atomic mass is 79.9. The first-order valence-corrected chi connectivity index (χ1v) is 7.88. The summed E-state index contributed by atoms with van der Waals surface area (Å²) in [7, 11) is 0. The van der Waals surface area contributed by atoms with Crippen molar-refractivity contribution in [1.82, 2.24) is 5.32 Å². The maximum atomic E-state index is 11.3. The monoisotopic (exact) mass is 352 g/mol. The molecule has 3 rings (SSSR count). The van der Waals surface area contributed by atoms with E-state index in [9.17, 15) is 4.79 Å². The number of nitrogens with one attached hydrogen (secondary N) is 2. The SMILES string of the molecule is O=C1COc2ccc(CNCc3sccc3Br)cc2N1. The molecule has 1 aromatic heterocycles. The van der Waals surface area contributed by atoms with Gasteiger partial charge in [0.05, 0.1) is 5.69 Å². The van der Waals surface area contributed by atoms with Gasteiger partial charge >= 0.3 is 0 Å². The van der Waals surface area contributed by atoms with E-state index < -0.39 is 0 Å². The summed E-state index contributed by atoms with van der Waals surface area (Å²) in [6.45, 7) is 1.66. The van der Waals surface area contributed by atoms with Gasteiger partial charge in [0.2, 0.25) is 0 Å². The normalized spacial score (nSPS) is 13.6. The van der Waals surface area contributed by atoms with Crippen molar-refractivity contribution in [2.24, 2.45) is 0 Å². The summed E-state index contributed by atoms with van der Waals surface area (Å²) in [5.41, 5.74) is 1.86. The molecule has 0 atom stereocenters. The van der Waals surface area contributed by atoms with Crippen molar-refractivity contribution in [3.63, 3.8) is 0 Å². The minimum Gasteiger partial charge on any atom is -0.482 e. The zero-order valence-electron chi connectivity index (χ0n) is 10.6. The highest BCUT2D eigenvalue weighted by Gasteiger charge is 2.15. The number of ether oxygens (including phenoxy) is 1. The van der Waals surface area contributed by atoms with Crippen LogP contribution >= 0.6 is 27.3 Å². The van der Waals surface area contributed by atoms with Crippen LogP contribution in [0.15, 0.2) is 34.1 Å². The molecule has 2 aromatic rings. The van der Waals surface area contributed by atoms with Crippen molar-refractivity contribution in [1.29, 1.82) is 0 Å². The number of rotatable bonds is 4. The summed E-state index contributed by atoms with van der Waals surface area (Å²) in [6, 6.07) is 7.90. The number of carbonyl (C=O) groups is 1. The lowest BCUT2D eigenvalue weighted by molar-refractivity contribution is -0.118. The van der Waals surface area contributed by atoms with Gasteiger partial charge in [-0.25, -0.2) is 0 Å². The number of carbonyl (C=O) groups excluding carboxylic acids is 1. The third-order valence-electron chi connectivity index (χ3n) is 2.98. The summed E-state index contributed by atoms with van der Waals surface area (Å²) < 4.78 is 6.47. The molecule has 2 N–H and O–H groups in total. The van der Waals surface area contributed by atoms with E-state index in [4.69, 9.17) is 4.74 Å². The molecule has 0 unspecified atom stereocenters. The molecule has 6 heteroatoms. The number of benzene rings is 1. The largest absolute Gasteiger partial charge is 0.482 e. The number of halogens is 1. The van der Waals surface area contributed by atoms with Crippen LogP contribution in [0.2, 0.25) is 0 Å². The fourth-order valence-electron chi connectivity index (χ4n) is 2.01. The van der Waals surface area contributed by atoms with Crippen LogP contribution < -0.4 is 15.4 Å². The predicted molar refractivity (Wildman–Crippen MR) is 83.1 cm³/mol. The molecule has 1 amide bonds. The van der Waals surface area contributed by atoms with Gasteiger partial charge in [-0.05, 0) is 45.1 Å². The minimum atomic E-state index is -0.106. The van der Waals surface area contributed by atoms with Crippen LogP contribution in [0, 0.1) is 0 Å². The Kier molecular flexibility index (Phi) is 4.05. The zero-order valence-corrected chi connectivity index (χ0v) is 13.0. The first-order valence-electron chi connectivity index (χ1n) is 6.20. The maximum absolute atomic E-state index is 11.3. The third kappa shape index (κ3) is 3.03. The molecule has 0 saturated heterocycles. The topological polar surface area (TPSA) is 50.4 Å². The van der Waals surface area contributed by atoms with E-state index in [-0.39, 0.29) is 12.5 Å². The summed E-state index contributed by atoms with van der Waals surface area (Å²) in [4.78, 5) is 12.6.